The first-order valence-corrected chi connectivity index (χ1v) is 6.31. The molecule has 1 atom stereocenters. The van der Waals surface area contributed by atoms with Crippen LogP contribution in [0.5, 0.6) is 0 Å². The zero-order valence-electron chi connectivity index (χ0n) is 11.4. The molecule has 1 unspecified atom stereocenters. The summed E-state index contributed by atoms with van der Waals surface area (Å²) in [5.74, 6) is -0.105. The van der Waals surface area contributed by atoms with Crippen molar-refractivity contribution in [1.82, 2.24) is 4.90 Å². The minimum Gasteiger partial charge on any atom is -0.330 e. The standard InChI is InChI=1S/C14H23N3O/c1-4-12(9-15)14(18)16-13-7-5-11(6-8-13)10-17(2)3/h5-8,12H,4,9-10,15H2,1-3H3,(H,16,18). The van der Waals surface area contributed by atoms with Gasteiger partial charge in [-0.05, 0) is 38.2 Å². The Labute approximate surface area is 109 Å². The Kier molecular flexibility index (Phi) is 5.82. The summed E-state index contributed by atoms with van der Waals surface area (Å²) in [7, 11) is 4.06. The van der Waals surface area contributed by atoms with Gasteiger partial charge >= 0.3 is 0 Å². The molecule has 1 rings (SSSR count). The lowest BCUT2D eigenvalue weighted by Crippen LogP contribution is -2.28. The zero-order valence-corrected chi connectivity index (χ0v) is 11.4. The number of carbonyl (C=O) groups is 1. The van der Waals surface area contributed by atoms with Gasteiger partial charge in [0.15, 0.2) is 0 Å². The minimum absolute atomic E-state index is 0.000333. The number of nitrogens with zero attached hydrogens (tertiary/aromatic N) is 1. The second-order valence-corrected chi connectivity index (χ2v) is 4.76. The van der Waals surface area contributed by atoms with Crippen molar-refractivity contribution < 1.29 is 4.79 Å². The van der Waals surface area contributed by atoms with Gasteiger partial charge in [0, 0.05) is 18.8 Å². The lowest BCUT2D eigenvalue weighted by molar-refractivity contribution is -0.119. The van der Waals surface area contributed by atoms with E-state index in [4.69, 9.17) is 5.73 Å². The van der Waals surface area contributed by atoms with E-state index in [1.165, 1.54) is 5.56 Å². The van der Waals surface area contributed by atoms with Crippen molar-refractivity contribution in [1.29, 1.82) is 0 Å². The number of hydrogen-bond donors (Lipinski definition) is 2. The summed E-state index contributed by atoms with van der Waals surface area (Å²) in [6.45, 7) is 3.26. The second-order valence-electron chi connectivity index (χ2n) is 4.76. The molecule has 1 aromatic rings. The predicted molar refractivity (Wildman–Crippen MR) is 75.3 cm³/mol. The van der Waals surface area contributed by atoms with Crippen molar-refractivity contribution in [3.8, 4) is 0 Å². The van der Waals surface area contributed by atoms with E-state index in [1.807, 2.05) is 45.3 Å². The van der Waals surface area contributed by atoms with Crippen molar-refractivity contribution in [2.24, 2.45) is 11.7 Å². The number of rotatable bonds is 6. The van der Waals surface area contributed by atoms with Gasteiger partial charge in [-0.1, -0.05) is 19.1 Å². The third kappa shape index (κ3) is 4.47. The molecule has 4 nitrogen and oxygen atoms in total. The largest absolute Gasteiger partial charge is 0.330 e. The van der Waals surface area contributed by atoms with Gasteiger partial charge in [-0.3, -0.25) is 4.79 Å². The Morgan fingerprint density at radius 3 is 2.39 bits per heavy atom. The van der Waals surface area contributed by atoms with E-state index in [2.05, 4.69) is 10.2 Å². The third-order valence-corrected chi connectivity index (χ3v) is 2.87. The van der Waals surface area contributed by atoms with Gasteiger partial charge in [0.05, 0.1) is 5.92 Å². The molecule has 0 bridgehead atoms. The molecule has 0 heterocycles. The summed E-state index contributed by atoms with van der Waals surface area (Å²) in [6.07, 6.45) is 0.765. The van der Waals surface area contributed by atoms with Crippen LogP contribution < -0.4 is 11.1 Å². The van der Waals surface area contributed by atoms with E-state index in [1.54, 1.807) is 0 Å². The van der Waals surface area contributed by atoms with Crippen molar-refractivity contribution >= 4 is 11.6 Å². The van der Waals surface area contributed by atoms with Gasteiger partial charge in [0.1, 0.15) is 0 Å². The number of anilines is 1. The van der Waals surface area contributed by atoms with Gasteiger partial charge in [0.2, 0.25) is 5.91 Å². The molecular weight excluding hydrogens is 226 g/mol. The van der Waals surface area contributed by atoms with Crippen molar-refractivity contribution in [2.45, 2.75) is 19.9 Å². The van der Waals surface area contributed by atoms with Gasteiger partial charge in [-0.15, -0.1) is 0 Å². The Morgan fingerprint density at radius 1 is 1.33 bits per heavy atom. The SMILES string of the molecule is CCC(CN)C(=O)Nc1ccc(CN(C)C)cc1. The highest BCUT2D eigenvalue weighted by Gasteiger charge is 2.14. The molecule has 100 valence electrons. The summed E-state index contributed by atoms with van der Waals surface area (Å²) >= 11 is 0. The molecule has 1 amide bonds. The number of benzene rings is 1. The fourth-order valence-corrected chi connectivity index (χ4v) is 1.76. The number of amides is 1. The minimum atomic E-state index is -0.105. The van der Waals surface area contributed by atoms with Crippen LogP contribution in [-0.2, 0) is 11.3 Å². The Morgan fingerprint density at radius 2 is 1.94 bits per heavy atom. The molecule has 0 saturated carbocycles. The summed E-state index contributed by atoms with van der Waals surface area (Å²) in [5.41, 5.74) is 7.60. The van der Waals surface area contributed by atoms with Gasteiger partial charge in [-0.2, -0.15) is 0 Å². The molecule has 0 aliphatic rings. The fraction of sp³-hybridized carbons (Fsp3) is 0.500. The highest BCUT2D eigenvalue weighted by atomic mass is 16.1. The summed E-state index contributed by atoms with van der Waals surface area (Å²) in [5, 5.41) is 2.89. The predicted octanol–water partition coefficient (Wildman–Crippen LogP) is 1.67. The average Bonchev–Trinajstić information content (AvgIpc) is 2.32. The molecule has 0 aliphatic heterocycles. The van der Waals surface area contributed by atoms with E-state index in [0.29, 0.717) is 6.54 Å². The fourth-order valence-electron chi connectivity index (χ4n) is 1.76. The van der Waals surface area contributed by atoms with Crippen LogP contribution in [0, 0.1) is 5.92 Å². The Bertz CT molecular complexity index is 369. The van der Waals surface area contributed by atoms with Gasteiger partial charge < -0.3 is 16.0 Å². The molecule has 1 aromatic carbocycles. The molecule has 0 saturated heterocycles. The maximum absolute atomic E-state index is 11.8. The van der Waals surface area contributed by atoms with Crippen LogP contribution in [0.2, 0.25) is 0 Å². The first-order valence-electron chi connectivity index (χ1n) is 6.31. The first-order chi connectivity index (χ1) is 8.56. The van der Waals surface area contributed by atoms with Crippen LogP contribution >= 0.6 is 0 Å². The number of nitrogens with two attached hydrogens (primary N) is 1. The number of nitrogens with one attached hydrogen (secondary N) is 1. The highest BCUT2D eigenvalue weighted by molar-refractivity contribution is 5.92. The number of hydrogen-bond acceptors (Lipinski definition) is 3. The molecule has 3 N–H and O–H groups in total. The second kappa shape index (κ2) is 7.13. The molecule has 18 heavy (non-hydrogen) atoms. The zero-order chi connectivity index (χ0) is 13.5. The van der Waals surface area contributed by atoms with E-state index in [0.717, 1.165) is 18.7 Å². The molecule has 0 spiro atoms. The van der Waals surface area contributed by atoms with E-state index in [-0.39, 0.29) is 11.8 Å². The lowest BCUT2D eigenvalue weighted by Gasteiger charge is -2.13. The Balaban J connectivity index is 2.60. The molecule has 0 aliphatic carbocycles. The molecular formula is C14H23N3O. The van der Waals surface area contributed by atoms with Crippen LogP contribution in [0.1, 0.15) is 18.9 Å². The summed E-state index contributed by atoms with van der Waals surface area (Å²) < 4.78 is 0. The normalized spacial score (nSPS) is 12.5. The van der Waals surface area contributed by atoms with E-state index >= 15 is 0 Å². The van der Waals surface area contributed by atoms with Crippen LogP contribution in [0.3, 0.4) is 0 Å². The average molecular weight is 249 g/mol. The smallest absolute Gasteiger partial charge is 0.228 e. The van der Waals surface area contributed by atoms with Crippen LogP contribution in [0.15, 0.2) is 24.3 Å². The molecule has 0 fully saturated rings. The molecule has 0 aromatic heterocycles. The molecule has 0 radical (unpaired) electrons. The van der Waals surface area contributed by atoms with Crippen molar-refractivity contribution in [2.75, 3.05) is 26.0 Å². The van der Waals surface area contributed by atoms with Gasteiger partial charge in [0.25, 0.3) is 0 Å². The van der Waals surface area contributed by atoms with Crippen molar-refractivity contribution in [3.63, 3.8) is 0 Å². The third-order valence-electron chi connectivity index (χ3n) is 2.87. The monoisotopic (exact) mass is 249 g/mol. The summed E-state index contributed by atoms with van der Waals surface area (Å²) in [6, 6.07) is 7.91. The Hall–Kier alpha value is -1.39. The van der Waals surface area contributed by atoms with Crippen LogP contribution in [-0.4, -0.2) is 31.4 Å². The molecule has 4 heteroatoms. The topological polar surface area (TPSA) is 58.4 Å². The van der Waals surface area contributed by atoms with Crippen LogP contribution in [0.4, 0.5) is 5.69 Å². The van der Waals surface area contributed by atoms with E-state index in [9.17, 15) is 4.79 Å². The first kappa shape index (κ1) is 14.7. The highest BCUT2D eigenvalue weighted by Crippen LogP contribution is 2.12. The summed E-state index contributed by atoms with van der Waals surface area (Å²) in [4.78, 5) is 13.9. The van der Waals surface area contributed by atoms with E-state index < -0.39 is 0 Å². The van der Waals surface area contributed by atoms with Gasteiger partial charge in [-0.25, -0.2) is 0 Å². The number of carbonyl (C=O) groups excluding carboxylic acids is 1. The lowest BCUT2D eigenvalue weighted by atomic mass is 10.1. The quantitative estimate of drug-likeness (QED) is 0.806. The maximum atomic E-state index is 11.8. The maximum Gasteiger partial charge on any atom is 0.228 e. The van der Waals surface area contributed by atoms with Crippen LogP contribution in [0.25, 0.3) is 0 Å². The van der Waals surface area contributed by atoms with Crippen molar-refractivity contribution in [3.05, 3.63) is 29.8 Å².